The number of aromatic amines is 1. The number of carbonyl (C=O) groups is 1. The van der Waals surface area contributed by atoms with E-state index in [0.717, 1.165) is 0 Å². The first kappa shape index (κ1) is 76.0. The van der Waals surface area contributed by atoms with Crippen molar-refractivity contribution < 1.29 is 97.4 Å². The Bertz CT molecular complexity index is 3620. The maximum Gasteiger partial charge on any atom is 0.370 e. The van der Waals surface area contributed by atoms with Crippen molar-refractivity contribution >= 4 is 68.8 Å². The fourth-order valence-electron chi connectivity index (χ4n) is 11.9. The summed E-state index contributed by atoms with van der Waals surface area (Å²) in [5.41, 5.74) is 7.11. The number of carbonyl (C=O) groups excluding carboxylic acids is 1. The molecule has 0 radical (unpaired) electrons. The Morgan fingerprint density at radius 3 is 1.30 bits per heavy atom. The minimum absolute atomic E-state index is 0.0250. The van der Waals surface area contributed by atoms with E-state index in [9.17, 15) is 45.5 Å². The average molecular weight is 1350 g/mol. The van der Waals surface area contributed by atoms with Gasteiger partial charge in [-0.1, -0.05) is 30.6 Å². The number of aliphatic hydroxyl groups excluding tert-OH is 3. The highest BCUT2D eigenvalue weighted by Gasteiger charge is 2.30. The number of anilines is 1. The Labute approximate surface area is 568 Å². The number of rotatable bonds is 36. The minimum Gasteiger partial charge on any atom is -0.858 e. The Kier molecular flexibility index (Phi) is 27.2. The summed E-state index contributed by atoms with van der Waals surface area (Å²) < 4.78 is 33.7. The predicted octanol–water partition coefficient (Wildman–Crippen LogP) is 2.37. The number of aromatic nitrogens is 2. The summed E-state index contributed by atoms with van der Waals surface area (Å²) in [5.74, 6) is 0.479. The van der Waals surface area contributed by atoms with Crippen molar-refractivity contribution in [3.63, 3.8) is 0 Å². The molecule has 0 saturated heterocycles. The molecule has 8 bridgehead atoms. The topological polar surface area (TPSA) is 356 Å². The first-order valence-corrected chi connectivity index (χ1v) is 33.3. The standard InChI is InChI=1S/C70H98N12O15/c1-12-27-93-67-47-31-49-37-56(73-62(88)44-80(6,7)20-24-84)39-51(68(49)94-28-13-2)33-53-41-58(75-64(90)46-82(10,11)22-26-86)42-54(70(53)96-30-15-18-71-59-16-17-60(78(91)92)66-65(59)76-97-77-66)34-52-40-57(74-63(89)45-81(8,9)21-25-85)38-50(69(52)95-29-14-3)32-48(67)36-55(35-47)72-61(87)43-79(4,5)19-23-83/h16-17,35-42,83-86H,12-15,18-34,43-46H2,1-11H3,(H-4,71,72,73,74,75,77,87,88,89,90)/p+4. The zero-order valence-electron chi connectivity index (χ0n) is 58.4. The molecule has 1 aliphatic carbocycles. The number of benzene rings is 5. The van der Waals surface area contributed by atoms with Crippen LogP contribution in [0.1, 0.15) is 91.0 Å². The molecule has 0 fully saturated rings. The molecule has 528 valence electrons. The van der Waals surface area contributed by atoms with Crippen LogP contribution in [0.5, 0.6) is 23.0 Å². The first-order chi connectivity index (χ1) is 46.1. The lowest BCUT2D eigenvalue weighted by atomic mass is 9.90. The highest BCUT2D eigenvalue weighted by Crippen LogP contribution is 2.44. The molecule has 97 heavy (non-hydrogen) atoms. The van der Waals surface area contributed by atoms with Gasteiger partial charge >= 0.3 is 17.1 Å². The lowest BCUT2D eigenvalue weighted by Gasteiger charge is -2.31. The number of amides is 1. The number of likely N-dealkylation sites (N-methyl/N-ethyl adjacent to an activating group) is 4. The van der Waals surface area contributed by atoms with Gasteiger partial charge in [-0.05, 0) is 68.1 Å². The van der Waals surface area contributed by atoms with Crippen molar-refractivity contribution in [2.24, 2.45) is 15.0 Å². The second-order valence-electron chi connectivity index (χ2n) is 27.5. The quantitative estimate of drug-likeness (QED) is 0.00550. The van der Waals surface area contributed by atoms with Gasteiger partial charge in [0.15, 0.2) is 18.3 Å². The summed E-state index contributed by atoms with van der Waals surface area (Å²) in [4.78, 5) is 40.0. The van der Waals surface area contributed by atoms with Crippen molar-refractivity contribution in [2.75, 3.05) is 173 Å². The summed E-state index contributed by atoms with van der Waals surface area (Å²) in [7, 11) is 14.9. The number of fused-ring (bicyclic) bond motifs is 9. The minimum atomic E-state index is -0.526. The fourth-order valence-corrected chi connectivity index (χ4v) is 11.9. The van der Waals surface area contributed by atoms with E-state index in [4.69, 9.17) is 43.7 Å². The van der Waals surface area contributed by atoms with Crippen molar-refractivity contribution in [3.8, 4) is 23.0 Å². The third-order valence-corrected chi connectivity index (χ3v) is 16.5. The summed E-state index contributed by atoms with van der Waals surface area (Å²) in [6.07, 6.45) is 2.63. The van der Waals surface area contributed by atoms with Gasteiger partial charge in [-0.2, -0.15) is 0 Å². The molecule has 1 aliphatic rings. The Morgan fingerprint density at radius 2 is 0.948 bits per heavy atom. The van der Waals surface area contributed by atoms with E-state index in [1.54, 1.807) is 23.5 Å². The van der Waals surface area contributed by atoms with Crippen LogP contribution in [0.25, 0.3) is 11.0 Å². The second kappa shape index (κ2) is 34.7. The number of quaternary nitrogens is 5. The van der Waals surface area contributed by atoms with Gasteiger partial charge in [0, 0.05) is 113 Å². The SMILES string of the molecule is CCCOc1c2cc([NH2+]C(=O)C[N+](C)(C)CC[OH2+])cc1Cc1cc(N=C([O-])C[N+](C)(C)CCO)cc(c1OCCC)Cc1cc(N=C([O-])C[N+](C)(C)CCO)cc(c1OCCCNc1ccc([N+](=O)[O-])c3[nH+]onc13)Cc1cc(N=C([O-])C[N+](C)(C)CCO)cc(c1OCCC)C2. The molecule has 1 heterocycles. The van der Waals surface area contributed by atoms with Crippen LogP contribution in [-0.4, -0.2) is 240 Å². The number of aliphatic hydroxyl groups is 3. The number of nitrogens with zero attached hydrogens (tertiary/aromatic N) is 9. The van der Waals surface area contributed by atoms with E-state index in [-0.39, 0.29) is 134 Å². The Balaban J connectivity index is 1.58. The van der Waals surface area contributed by atoms with Crippen molar-refractivity contribution in [1.82, 2.24) is 5.16 Å². The van der Waals surface area contributed by atoms with Gasteiger partial charge in [-0.25, -0.2) is 10.1 Å². The van der Waals surface area contributed by atoms with Crippen LogP contribution in [0.3, 0.4) is 0 Å². The lowest BCUT2D eigenvalue weighted by Crippen LogP contribution is -2.85. The predicted molar refractivity (Wildman–Crippen MR) is 365 cm³/mol. The highest BCUT2D eigenvalue weighted by atomic mass is 16.6. The fraction of sp³-hybridized carbons (Fsp3) is 0.514. The van der Waals surface area contributed by atoms with Crippen LogP contribution in [0.15, 0.2) is 80.3 Å². The first-order valence-electron chi connectivity index (χ1n) is 33.3. The van der Waals surface area contributed by atoms with E-state index in [1.165, 1.54) is 6.07 Å². The number of nitro groups is 1. The molecule has 27 heteroatoms. The highest BCUT2D eigenvalue weighted by molar-refractivity contribution is 5.91. The molecule has 0 aliphatic heterocycles. The maximum atomic E-state index is 14.3. The summed E-state index contributed by atoms with van der Waals surface area (Å²) in [5, 5.41) is 104. The van der Waals surface area contributed by atoms with Gasteiger partial charge in [-0.3, -0.25) is 25.1 Å². The zero-order chi connectivity index (χ0) is 70.7. The molecule has 0 saturated carbocycles. The number of hydrogen-bond acceptors (Lipinski definition) is 19. The van der Waals surface area contributed by atoms with Crippen LogP contribution in [0.4, 0.5) is 34.1 Å². The molecule has 7 rings (SSSR count). The van der Waals surface area contributed by atoms with Crippen LogP contribution in [0.2, 0.25) is 0 Å². The largest absolute Gasteiger partial charge is 0.858 e. The van der Waals surface area contributed by atoms with E-state index in [0.29, 0.717) is 165 Å². The van der Waals surface area contributed by atoms with E-state index < -0.39 is 22.6 Å². The van der Waals surface area contributed by atoms with E-state index >= 15 is 0 Å². The molecule has 0 spiro atoms. The maximum absolute atomic E-state index is 14.3. The van der Waals surface area contributed by atoms with Crippen molar-refractivity contribution in [3.05, 3.63) is 115 Å². The molecule has 0 unspecified atom stereocenters. The monoisotopic (exact) mass is 1350 g/mol. The number of nitrogens with one attached hydrogen (secondary N) is 2. The molecule has 27 nitrogen and oxygen atoms in total. The third-order valence-electron chi connectivity index (χ3n) is 16.5. The van der Waals surface area contributed by atoms with Gasteiger partial charge in [0.1, 0.15) is 74.5 Å². The third kappa shape index (κ3) is 22.1. The van der Waals surface area contributed by atoms with Crippen LogP contribution >= 0.6 is 0 Å². The van der Waals surface area contributed by atoms with Crippen molar-refractivity contribution in [2.45, 2.75) is 72.1 Å². The van der Waals surface area contributed by atoms with Gasteiger partial charge in [0.05, 0.1) is 130 Å². The van der Waals surface area contributed by atoms with Gasteiger partial charge in [0.25, 0.3) is 5.52 Å². The second-order valence-corrected chi connectivity index (χ2v) is 27.5. The molecular formula is C70H102N12O15+4. The van der Waals surface area contributed by atoms with Crippen LogP contribution < -0.4 is 50.1 Å². The zero-order valence-corrected chi connectivity index (χ0v) is 58.4. The average Bonchev–Trinajstić information content (AvgIpc) is 0.971. The van der Waals surface area contributed by atoms with Crippen molar-refractivity contribution in [1.29, 1.82) is 0 Å². The summed E-state index contributed by atoms with van der Waals surface area (Å²) in [6.45, 7) is 8.39. The smallest absolute Gasteiger partial charge is 0.370 e. The van der Waals surface area contributed by atoms with Crippen LogP contribution in [0, 0.1) is 10.1 Å². The van der Waals surface area contributed by atoms with Gasteiger partial charge < -0.3 is 77.9 Å². The number of primary amides is 1. The molecule has 0 atom stereocenters. The number of non-ortho nitro benzene ring substituents is 1. The molecule has 5 aromatic carbocycles. The number of H-pyrrole nitrogens is 1. The number of hydrogen-bond donors (Lipinski definition) is 5. The van der Waals surface area contributed by atoms with Gasteiger partial charge in [0.2, 0.25) is 0 Å². The van der Waals surface area contributed by atoms with Gasteiger partial charge in [-0.15, -0.1) is 0 Å². The van der Waals surface area contributed by atoms with E-state index in [2.05, 4.69) is 15.6 Å². The molecule has 6 aromatic rings. The Morgan fingerprint density at radius 1 is 0.588 bits per heavy atom. The summed E-state index contributed by atoms with van der Waals surface area (Å²) >= 11 is 0. The number of nitro benzene ring substituents is 1. The van der Waals surface area contributed by atoms with E-state index in [1.807, 2.05) is 114 Å². The number of aliphatic imine (C=N–C) groups is 3. The molecule has 9 N–H and O–H groups in total. The molecular weight excluding hydrogens is 1250 g/mol. The normalized spacial score (nSPS) is 13.5. The summed E-state index contributed by atoms with van der Waals surface area (Å²) in [6, 6.07) is 17.7. The lowest BCUT2D eigenvalue weighted by molar-refractivity contribution is -0.886. The van der Waals surface area contributed by atoms with Crippen LogP contribution in [-0.2, 0) is 30.5 Å². The Hall–Kier alpha value is -8.38. The number of ether oxygens (including phenoxy) is 4. The molecule has 1 aromatic heterocycles. The number of nitrogens with two attached hydrogens (primary N) is 1. The molecule has 1 amide bonds.